The third-order valence-electron chi connectivity index (χ3n) is 8.63. The van der Waals surface area contributed by atoms with Gasteiger partial charge in [0.25, 0.3) is 0 Å². The lowest BCUT2D eigenvalue weighted by molar-refractivity contribution is 0.278. The van der Waals surface area contributed by atoms with E-state index in [1.54, 1.807) is 5.57 Å². The second-order valence-electron chi connectivity index (χ2n) is 13.7. The number of rotatable bonds is 10. The first-order chi connectivity index (χ1) is 13.9. The van der Waals surface area contributed by atoms with Crippen LogP contribution in [0.2, 0.25) is 32.2 Å². The average Bonchev–Trinajstić information content (AvgIpc) is 3.23. The van der Waals surface area contributed by atoms with Crippen LogP contribution in [0.5, 0.6) is 0 Å². The van der Waals surface area contributed by atoms with Gasteiger partial charge < -0.3 is 4.43 Å². The van der Waals surface area contributed by atoms with Crippen LogP contribution in [0.25, 0.3) is 0 Å². The number of hydrogen-bond acceptors (Lipinski definition) is 1. The molecule has 0 N–H and O–H groups in total. The molecule has 3 heteroatoms. The SMILES string of the molecule is CCC[C@@H]1/C(=C(/CCO[Si](C(C)C)(C(C)C)C(C)C)C(C)C)[Si]1(C(C)(C)C)C(C)(C)C. The molecule has 0 aromatic carbocycles. The van der Waals surface area contributed by atoms with Gasteiger partial charge in [0.2, 0.25) is 0 Å². The van der Waals surface area contributed by atoms with Crippen molar-refractivity contribution in [3.63, 3.8) is 0 Å². The highest BCUT2D eigenvalue weighted by Gasteiger charge is 2.72. The first-order valence-corrected chi connectivity index (χ1v) is 17.5. The van der Waals surface area contributed by atoms with E-state index >= 15 is 0 Å². The maximum absolute atomic E-state index is 7.03. The smallest absolute Gasteiger partial charge is 0.200 e. The molecule has 0 aromatic heterocycles. The minimum atomic E-state index is -1.80. The van der Waals surface area contributed by atoms with Gasteiger partial charge in [0.05, 0.1) is 8.07 Å². The summed E-state index contributed by atoms with van der Waals surface area (Å²) in [6.07, 6.45) is 3.84. The van der Waals surface area contributed by atoms with Crippen LogP contribution in [0.3, 0.4) is 0 Å². The normalized spacial score (nSPS) is 21.6. The van der Waals surface area contributed by atoms with Gasteiger partial charge in [-0.05, 0) is 51.0 Å². The number of hydrogen-bond donors (Lipinski definition) is 0. The third-order valence-corrected chi connectivity index (χ3v) is 22.3. The molecule has 0 amide bonds. The first kappa shape index (κ1) is 29.2. The summed E-state index contributed by atoms with van der Waals surface area (Å²) in [6, 6.07) is 0. The molecule has 1 aliphatic rings. The van der Waals surface area contributed by atoms with Gasteiger partial charge in [0.1, 0.15) is 0 Å². The Balaban J connectivity index is 3.40. The van der Waals surface area contributed by atoms with E-state index in [0.29, 0.717) is 32.6 Å². The molecule has 0 radical (unpaired) electrons. The molecule has 1 fully saturated rings. The van der Waals surface area contributed by atoms with Gasteiger partial charge in [-0.2, -0.15) is 0 Å². The topological polar surface area (TPSA) is 9.23 Å². The molecule has 1 saturated heterocycles. The monoisotopic (exact) mass is 466 g/mol. The Morgan fingerprint density at radius 3 is 1.55 bits per heavy atom. The van der Waals surface area contributed by atoms with Crippen LogP contribution in [-0.2, 0) is 4.43 Å². The zero-order valence-electron chi connectivity index (χ0n) is 24.1. The van der Waals surface area contributed by atoms with E-state index in [1.165, 1.54) is 12.8 Å². The molecule has 0 aliphatic carbocycles. The maximum atomic E-state index is 7.03. The zero-order chi connectivity index (χ0) is 24.6. The summed E-state index contributed by atoms with van der Waals surface area (Å²) < 4.78 is 7.03. The summed E-state index contributed by atoms with van der Waals surface area (Å²) in [6.45, 7) is 37.9. The van der Waals surface area contributed by atoms with E-state index in [9.17, 15) is 0 Å². The van der Waals surface area contributed by atoms with Gasteiger partial charge in [0, 0.05) is 6.61 Å². The summed E-state index contributed by atoms with van der Waals surface area (Å²) in [7, 11) is -3.38. The van der Waals surface area contributed by atoms with E-state index in [1.807, 2.05) is 5.20 Å². The van der Waals surface area contributed by atoms with Crippen molar-refractivity contribution >= 4 is 16.4 Å². The molecular weight excluding hydrogens is 408 g/mol. The quantitative estimate of drug-likeness (QED) is 0.291. The van der Waals surface area contributed by atoms with Crippen molar-refractivity contribution in [2.24, 2.45) is 5.92 Å². The van der Waals surface area contributed by atoms with Crippen molar-refractivity contribution in [2.45, 2.75) is 155 Å². The molecule has 0 unspecified atom stereocenters. The van der Waals surface area contributed by atoms with Crippen molar-refractivity contribution in [3.8, 4) is 0 Å². The highest BCUT2D eigenvalue weighted by molar-refractivity contribution is 7.04. The van der Waals surface area contributed by atoms with Crippen LogP contribution in [-0.4, -0.2) is 23.0 Å². The van der Waals surface area contributed by atoms with E-state index < -0.39 is 16.4 Å². The Hall–Kier alpha value is 0.134. The largest absolute Gasteiger partial charge is 0.416 e. The third kappa shape index (κ3) is 5.14. The fourth-order valence-electron chi connectivity index (χ4n) is 8.07. The molecule has 1 aliphatic heterocycles. The highest BCUT2D eigenvalue weighted by Crippen LogP contribution is 2.76. The summed E-state index contributed by atoms with van der Waals surface area (Å²) in [5.74, 6) is 0.630. The summed E-state index contributed by atoms with van der Waals surface area (Å²) in [5.41, 5.74) is 4.63. The molecule has 1 nitrogen and oxygen atoms in total. The lowest BCUT2D eigenvalue weighted by atomic mass is 9.98. The Bertz CT molecular complexity index is 578. The Labute approximate surface area is 199 Å². The standard InChI is InChI=1S/C28H58OSi2/c1-16-17-25-26(31(25,27(10,11)12)28(13,14)15)24(20(2)3)18-19-29-30(21(4)5,22(6)7)23(8)9/h20-23,25H,16-19H2,1-15H3/b26-24+/t25-/m1/s1. The average molecular weight is 467 g/mol. The Morgan fingerprint density at radius 2 is 1.26 bits per heavy atom. The van der Waals surface area contributed by atoms with Crippen molar-refractivity contribution in [3.05, 3.63) is 10.8 Å². The van der Waals surface area contributed by atoms with Crippen LogP contribution >= 0.6 is 0 Å². The molecule has 0 aromatic rings. The van der Waals surface area contributed by atoms with Crippen LogP contribution in [0, 0.1) is 5.92 Å². The fraction of sp³-hybridized carbons (Fsp3) is 0.929. The van der Waals surface area contributed by atoms with Crippen molar-refractivity contribution in [1.82, 2.24) is 0 Å². The highest BCUT2D eigenvalue weighted by atomic mass is 28.4. The lowest BCUT2D eigenvalue weighted by Gasteiger charge is -2.42. The second-order valence-corrected chi connectivity index (χ2v) is 25.0. The first-order valence-electron chi connectivity index (χ1n) is 13.3. The van der Waals surface area contributed by atoms with Crippen molar-refractivity contribution in [2.75, 3.05) is 6.61 Å². The molecule has 1 atom stereocenters. The van der Waals surface area contributed by atoms with E-state index in [2.05, 4.69) is 104 Å². The van der Waals surface area contributed by atoms with Crippen molar-refractivity contribution < 1.29 is 4.43 Å². The molecule has 0 spiro atoms. The van der Waals surface area contributed by atoms with Crippen molar-refractivity contribution in [1.29, 1.82) is 0 Å². The molecule has 31 heavy (non-hydrogen) atoms. The van der Waals surface area contributed by atoms with Gasteiger partial charge in [-0.1, -0.05) is 121 Å². The second kappa shape index (κ2) is 10.2. The van der Waals surface area contributed by atoms with Gasteiger partial charge in [-0.15, -0.1) is 0 Å². The van der Waals surface area contributed by atoms with Crippen LogP contribution in [0.4, 0.5) is 0 Å². The zero-order valence-corrected chi connectivity index (χ0v) is 26.1. The number of allylic oxidation sites excluding steroid dienone is 1. The Kier molecular flexibility index (Phi) is 9.57. The predicted octanol–water partition coefficient (Wildman–Crippen LogP) is 10.3. The molecular formula is C28H58OSi2. The predicted molar refractivity (Wildman–Crippen MR) is 147 cm³/mol. The molecule has 0 saturated carbocycles. The van der Waals surface area contributed by atoms with Crippen LogP contribution in [0.1, 0.15) is 123 Å². The molecule has 184 valence electrons. The summed E-state index contributed by atoms with van der Waals surface area (Å²) in [5, 5.41) is 2.76. The summed E-state index contributed by atoms with van der Waals surface area (Å²) in [4.78, 5) is 0. The van der Waals surface area contributed by atoms with Gasteiger partial charge in [-0.25, -0.2) is 0 Å². The fourth-order valence-corrected chi connectivity index (χ4v) is 22.7. The van der Waals surface area contributed by atoms with Gasteiger partial charge >= 0.3 is 0 Å². The van der Waals surface area contributed by atoms with E-state index in [-0.39, 0.29) is 0 Å². The van der Waals surface area contributed by atoms with Crippen LogP contribution < -0.4 is 0 Å². The lowest BCUT2D eigenvalue weighted by Crippen LogP contribution is -2.48. The van der Waals surface area contributed by atoms with Crippen LogP contribution in [0.15, 0.2) is 10.8 Å². The minimum absolute atomic E-state index is 0.410. The van der Waals surface area contributed by atoms with Gasteiger partial charge in [-0.3, -0.25) is 0 Å². The van der Waals surface area contributed by atoms with E-state index in [4.69, 9.17) is 4.43 Å². The van der Waals surface area contributed by atoms with Gasteiger partial charge in [0.15, 0.2) is 8.32 Å². The Morgan fingerprint density at radius 1 is 0.839 bits per heavy atom. The molecule has 1 heterocycles. The minimum Gasteiger partial charge on any atom is -0.416 e. The maximum Gasteiger partial charge on any atom is 0.200 e. The molecule has 0 bridgehead atoms. The van der Waals surface area contributed by atoms with E-state index in [0.717, 1.165) is 18.6 Å². The molecule has 1 rings (SSSR count). The summed E-state index contributed by atoms with van der Waals surface area (Å²) >= 11 is 0.